The summed E-state index contributed by atoms with van der Waals surface area (Å²) in [6.45, 7) is 9.51. The molecule has 2 bridgehead atoms. The van der Waals surface area contributed by atoms with Gasteiger partial charge in [-0.2, -0.15) is 0 Å². The van der Waals surface area contributed by atoms with Crippen LogP contribution in [0.1, 0.15) is 44.6 Å². The van der Waals surface area contributed by atoms with E-state index in [0.29, 0.717) is 37.1 Å². The Balaban J connectivity index is 1.55. The van der Waals surface area contributed by atoms with Crippen LogP contribution in [-0.2, 0) is 30.3 Å². The molecule has 2 aromatic rings. The summed E-state index contributed by atoms with van der Waals surface area (Å²) < 4.78 is 17.8. The molecule has 2 amide bonds. The van der Waals surface area contributed by atoms with Crippen molar-refractivity contribution >= 4 is 23.5 Å². The van der Waals surface area contributed by atoms with E-state index in [0.717, 1.165) is 18.4 Å². The molecule has 3 fully saturated rings. The van der Waals surface area contributed by atoms with E-state index in [1.165, 1.54) is 4.90 Å². The van der Waals surface area contributed by atoms with E-state index in [1.54, 1.807) is 42.4 Å². The lowest BCUT2D eigenvalue weighted by Gasteiger charge is -2.39. The number of methoxy groups -OCH3 is 1. The SMILES string of the molecule is C=CCCCCOC(=O)[C@@H]1[C@H]2C(=O)N([C@@H](CO)Cc3ccccc3)C(C(=O)N(CC=C)c3ccc(OC)cc3)C23CC[C@@]1(C)O3. The van der Waals surface area contributed by atoms with E-state index in [2.05, 4.69) is 13.2 Å². The Labute approximate surface area is 265 Å². The number of ether oxygens (including phenoxy) is 3. The van der Waals surface area contributed by atoms with E-state index in [1.807, 2.05) is 43.3 Å². The smallest absolute Gasteiger partial charge is 0.312 e. The van der Waals surface area contributed by atoms with E-state index in [9.17, 15) is 19.5 Å². The molecular weight excluding hydrogens is 572 g/mol. The third-order valence-electron chi connectivity index (χ3n) is 9.63. The Morgan fingerprint density at radius 2 is 1.84 bits per heavy atom. The van der Waals surface area contributed by atoms with Gasteiger partial charge >= 0.3 is 5.97 Å². The van der Waals surface area contributed by atoms with Crippen molar-refractivity contribution in [3.63, 3.8) is 0 Å². The quantitative estimate of drug-likeness (QED) is 0.179. The minimum atomic E-state index is -1.26. The van der Waals surface area contributed by atoms with Gasteiger partial charge in [-0.1, -0.05) is 42.5 Å². The average molecular weight is 617 g/mol. The van der Waals surface area contributed by atoms with Gasteiger partial charge in [-0.05, 0) is 75.3 Å². The minimum Gasteiger partial charge on any atom is -0.497 e. The molecule has 5 rings (SSSR count). The van der Waals surface area contributed by atoms with Gasteiger partial charge in [0.25, 0.3) is 5.91 Å². The van der Waals surface area contributed by atoms with Gasteiger partial charge < -0.3 is 29.1 Å². The number of nitrogens with zero attached hydrogens (tertiary/aromatic N) is 2. The maximum atomic E-state index is 14.9. The van der Waals surface area contributed by atoms with E-state index in [-0.39, 0.29) is 31.6 Å². The lowest BCUT2D eigenvalue weighted by molar-refractivity contribution is -0.160. The number of fused-ring (bicyclic) bond motifs is 1. The lowest BCUT2D eigenvalue weighted by atomic mass is 9.66. The zero-order valence-electron chi connectivity index (χ0n) is 26.2. The average Bonchev–Trinajstić information content (AvgIpc) is 3.63. The highest BCUT2D eigenvalue weighted by Gasteiger charge is 2.79. The summed E-state index contributed by atoms with van der Waals surface area (Å²) in [5, 5.41) is 10.7. The number of unbranched alkanes of at least 4 members (excludes halogenated alkanes) is 2. The van der Waals surface area contributed by atoms with Gasteiger partial charge in [0.2, 0.25) is 5.91 Å². The zero-order valence-corrected chi connectivity index (χ0v) is 26.2. The summed E-state index contributed by atoms with van der Waals surface area (Å²) >= 11 is 0. The molecule has 3 heterocycles. The number of hydrogen-bond acceptors (Lipinski definition) is 7. The standard InChI is InChI=1S/C36H44N2O7/c1-5-7-8-12-22-44-34(42)30-29-32(40)38(27(24-39)23-25-13-10-9-11-14-25)31(36(29)20-19-35(30,3)45-36)33(41)37(21-6-2)26-15-17-28(43-4)18-16-26/h5-6,9-11,13-18,27,29-31,39H,1-2,7-8,12,19-24H2,3-4H3/t27-,29+,30+,31?,35-,36?/m1/s1. The van der Waals surface area contributed by atoms with Crippen molar-refractivity contribution < 1.29 is 33.7 Å². The predicted molar refractivity (Wildman–Crippen MR) is 171 cm³/mol. The number of aliphatic hydroxyl groups excluding tert-OH is 1. The van der Waals surface area contributed by atoms with Crippen LogP contribution in [-0.4, -0.2) is 77.9 Å². The Bertz CT molecular complexity index is 1400. The summed E-state index contributed by atoms with van der Waals surface area (Å²) in [5.41, 5.74) is -0.701. The van der Waals surface area contributed by atoms with Crippen molar-refractivity contribution in [2.45, 2.75) is 68.7 Å². The number of esters is 1. The fourth-order valence-corrected chi connectivity index (χ4v) is 7.55. The maximum absolute atomic E-state index is 14.9. The van der Waals surface area contributed by atoms with Crippen molar-refractivity contribution in [2.24, 2.45) is 11.8 Å². The van der Waals surface area contributed by atoms with Crippen molar-refractivity contribution in [3.8, 4) is 5.75 Å². The van der Waals surface area contributed by atoms with Crippen LogP contribution >= 0.6 is 0 Å². The maximum Gasteiger partial charge on any atom is 0.312 e. The number of amides is 2. The number of carbonyl (C=O) groups is 3. The van der Waals surface area contributed by atoms with Gasteiger partial charge in [0.1, 0.15) is 23.3 Å². The van der Waals surface area contributed by atoms with Gasteiger partial charge in [-0.25, -0.2) is 0 Å². The molecular formula is C36H44N2O7. The molecule has 2 unspecified atom stereocenters. The first-order valence-electron chi connectivity index (χ1n) is 15.8. The van der Waals surface area contributed by atoms with Crippen molar-refractivity contribution in [1.29, 1.82) is 0 Å². The second kappa shape index (κ2) is 13.6. The number of likely N-dealkylation sites (tertiary alicyclic amines) is 1. The van der Waals surface area contributed by atoms with Gasteiger partial charge in [-0.3, -0.25) is 14.4 Å². The highest BCUT2D eigenvalue weighted by atomic mass is 16.6. The van der Waals surface area contributed by atoms with E-state index >= 15 is 0 Å². The second-order valence-corrected chi connectivity index (χ2v) is 12.4. The van der Waals surface area contributed by atoms with Crippen LogP contribution in [0.2, 0.25) is 0 Å². The molecule has 0 saturated carbocycles. The summed E-state index contributed by atoms with van der Waals surface area (Å²) in [4.78, 5) is 46.3. The fourth-order valence-electron chi connectivity index (χ4n) is 7.55. The molecule has 3 saturated heterocycles. The third-order valence-corrected chi connectivity index (χ3v) is 9.63. The van der Waals surface area contributed by atoms with Crippen LogP contribution in [0.5, 0.6) is 5.75 Å². The third kappa shape index (κ3) is 5.91. The normalized spacial score (nSPS) is 27.1. The number of benzene rings is 2. The molecule has 3 aliphatic heterocycles. The van der Waals surface area contributed by atoms with Crippen LogP contribution < -0.4 is 9.64 Å². The Morgan fingerprint density at radius 3 is 2.49 bits per heavy atom. The first-order valence-corrected chi connectivity index (χ1v) is 15.8. The molecule has 2 aromatic carbocycles. The fraction of sp³-hybridized carbons (Fsp3) is 0.472. The Kier molecular flexibility index (Phi) is 9.79. The largest absolute Gasteiger partial charge is 0.497 e. The first-order chi connectivity index (χ1) is 21.7. The number of allylic oxidation sites excluding steroid dienone is 1. The zero-order chi connectivity index (χ0) is 32.2. The highest BCUT2D eigenvalue weighted by Crippen LogP contribution is 2.64. The summed E-state index contributed by atoms with van der Waals surface area (Å²) in [6.07, 6.45) is 7.05. The molecule has 0 aromatic heterocycles. The summed E-state index contributed by atoms with van der Waals surface area (Å²) in [5.74, 6) is -2.36. The molecule has 1 spiro atoms. The van der Waals surface area contributed by atoms with Crippen LogP contribution in [0.15, 0.2) is 79.9 Å². The molecule has 3 aliphatic rings. The Morgan fingerprint density at radius 1 is 1.11 bits per heavy atom. The lowest BCUT2D eigenvalue weighted by Crippen LogP contribution is -2.59. The van der Waals surface area contributed by atoms with Gasteiger partial charge in [0.15, 0.2) is 0 Å². The summed E-state index contributed by atoms with van der Waals surface area (Å²) in [6, 6.07) is 14.8. The molecule has 9 nitrogen and oxygen atoms in total. The number of anilines is 1. The predicted octanol–water partition coefficient (Wildman–Crippen LogP) is 4.48. The number of aliphatic hydroxyl groups is 1. The molecule has 0 radical (unpaired) electrons. The molecule has 0 aliphatic carbocycles. The molecule has 1 N–H and O–H groups in total. The number of hydrogen-bond donors (Lipinski definition) is 1. The van der Waals surface area contributed by atoms with E-state index < -0.39 is 41.1 Å². The Hall–Kier alpha value is -3.95. The summed E-state index contributed by atoms with van der Waals surface area (Å²) in [7, 11) is 1.57. The molecule has 6 atom stereocenters. The van der Waals surface area contributed by atoms with Crippen molar-refractivity contribution in [1.82, 2.24) is 4.90 Å². The van der Waals surface area contributed by atoms with Crippen LogP contribution in [0.4, 0.5) is 5.69 Å². The minimum absolute atomic E-state index is 0.181. The van der Waals surface area contributed by atoms with Crippen LogP contribution in [0.25, 0.3) is 0 Å². The molecule has 45 heavy (non-hydrogen) atoms. The second-order valence-electron chi connectivity index (χ2n) is 12.4. The van der Waals surface area contributed by atoms with Crippen LogP contribution in [0, 0.1) is 11.8 Å². The topological polar surface area (TPSA) is 106 Å². The monoisotopic (exact) mass is 616 g/mol. The van der Waals surface area contributed by atoms with E-state index in [4.69, 9.17) is 14.2 Å². The number of carbonyl (C=O) groups excluding carboxylic acids is 3. The highest BCUT2D eigenvalue weighted by molar-refractivity contribution is 6.05. The molecule has 9 heteroatoms. The number of rotatable bonds is 15. The van der Waals surface area contributed by atoms with Gasteiger partial charge in [0, 0.05) is 12.2 Å². The van der Waals surface area contributed by atoms with Crippen LogP contribution in [0.3, 0.4) is 0 Å². The van der Waals surface area contributed by atoms with Crippen molar-refractivity contribution in [3.05, 3.63) is 85.5 Å². The molecule has 240 valence electrons. The van der Waals surface area contributed by atoms with Crippen molar-refractivity contribution in [2.75, 3.05) is 31.8 Å². The van der Waals surface area contributed by atoms with Gasteiger partial charge in [-0.15, -0.1) is 13.2 Å². The first kappa shape index (κ1) is 32.4. The van der Waals surface area contributed by atoms with Gasteiger partial charge in [0.05, 0.1) is 37.9 Å².